The predicted octanol–water partition coefficient (Wildman–Crippen LogP) is 2.19. The molecule has 146 valence electrons. The lowest BCUT2D eigenvalue weighted by molar-refractivity contribution is -0.134. The second-order valence-electron chi connectivity index (χ2n) is 7.50. The largest absolute Gasteiger partial charge is 0.344 e. The number of hydrogen-bond acceptors (Lipinski definition) is 6. The minimum atomic E-state index is -0.892. The Morgan fingerprint density at radius 3 is 2.54 bits per heavy atom. The summed E-state index contributed by atoms with van der Waals surface area (Å²) < 4.78 is 5.09. The normalized spacial score (nSPS) is 24.5. The molecule has 4 amide bonds. The molecule has 28 heavy (non-hydrogen) atoms. The third kappa shape index (κ3) is 3.12. The van der Waals surface area contributed by atoms with Gasteiger partial charge in [0.15, 0.2) is 5.82 Å². The van der Waals surface area contributed by atoms with Crippen molar-refractivity contribution in [2.75, 3.05) is 0 Å². The summed E-state index contributed by atoms with van der Waals surface area (Å²) in [6.45, 7) is 3.85. The first-order valence-electron chi connectivity index (χ1n) is 9.26. The van der Waals surface area contributed by atoms with E-state index in [-0.39, 0.29) is 0 Å². The van der Waals surface area contributed by atoms with E-state index in [1.54, 1.807) is 31.2 Å². The fraction of sp³-hybridized carbons (Fsp3) is 0.421. The van der Waals surface area contributed by atoms with Crippen LogP contribution in [0.4, 0.5) is 4.79 Å². The van der Waals surface area contributed by atoms with Gasteiger partial charge < -0.3 is 9.84 Å². The van der Waals surface area contributed by atoms with E-state index in [0.29, 0.717) is 41.6 Å². The summed E-state index contributed by atoms with van der Waals surface area (Å²) in [5.74, 6) is 0.460. The summed E-state index contributed by atoms with van der Waals surface area (Å²) in [4.78, 5) is 41.8. The molecule has 1 aromatic heterocycles. The van der Waals surface area contributed by atoms with Crippen LogP contribution in [-0.4, -0.2) is 38.5 Å². The highest BCUT2D eigenvalue weighted by Crippen LogP contribution is 2.35. The van der Waals surface area contributed by atoms with Gasteiger partial charge in [-0.3, -0.25) is 15.0 Å². The number of nitrogens with one attached hydrogen (secondary N) is 2. The topological polar surface area (TPSA) is 117 Å². The molecule has 1 saturated carbocycles. The molecule has 0 bridgehead atoms. The van der Waals surface area contributed by atoms with Crippen molar-refractivity contribution >= 4 is 17.8 Å². The standard InChI is InChI=1S/C19H21N5O4/c1-11-7-9-19(10-8-11)17(26)24(18(27)21-19)22-15(25)13-3-5-14(6-4-13)16-20-12(2)23-28-16/h3-6,11H,7-10H2,1-2H3,(H,21,27)(H,22,25). The molecule has 2 aromatic rings. The summed E-state index contributed by atoms with van der Waals surface area (Å²) in [5.41, 5.74) is 2.50. The van der Waals surface area contributed by atoms with Gasteiger partial charge in [0.25, 0.3) is 17.7 Å². The number of aromatic nitrogens is 2. The monoisotopic (exact) mass is 383 g/mol. The zero-order valence-corrected chi connectivity index (χ0v) is 15.7. The lowest BCUT2D eigenvalue weighted by Crippen LogP contribution is -2.51. The highest BCUT2D eigenvalue weighted by molar-refractivity contribution is 6.09. The van der Waals surface area contributed by atoms with Crippen LogP contribution in [-0.2, 0) is 4.79 Å². The number of benzene rings is 1. The van der Waals surface area contributed by atoms with E-state index in [0.717, 1.165) is 17.9 Å². The molecule has 2 aliphatic rings. The number of amides is 4. The van der Waals surface area contributed by atoms with Crippen molar-refractivity contribution in [2.45, 2.75) is 45.1 Å². The number of carbonyl (C=O) groups excluding carboxylic acids is 3. The van der Waals surface area contributed by atoms with Crippen LogP contribution >= 0.6 is 0 Å². The van der Waals surface area contributed by atoms with Gasteiger partial charge in [0.1, 0.15) is 5.54 Å². The number of rotatable bonds is 3. The van der Waals surface area contributed by atoms with E-state index in [1.165, 1.54) is 0 Å². The summed E-state index contributed by atoms with van der Waals surface area (Å²) in [6.07, 6.45) is 2.90. The van der Waals surface area contributed by atoms with Gasteiger partial charge in [-0.2, -0.15) is 9.99 Å². The van der Waals surface area contributed by atoms with Gasteiger partial charge in [0, 0.05) is 11.1 Å². The maximum absolute atomic E-state index is 12.8. The summed E-state index contributed by atoms with van der Waals surface area (Å²) in [6, 6.07) is 5.88. The molecular formula is C19H21N5O4. The second-order valence-corrected chi connectivity index (χ2v) is 7.50. The van der Waals surface area contributed by atoms with Gasteiger partial charge in [-0.05, 0) is 62.8 Å². The van der Waals surface area contributed by atoms with E-state index in [1.807, 2.05) is 0 Å². The number of hydrogen-bond donors (Lipinski definition) is 2. The molecule has 1 aromatic carbocycles. The lowest BCUT2D eigenvalue weighted by atomic mass is 9.77. The van der Waals surface area contributed by atoms with E-state index in [2.05, 4.69) is 27.8 Å². The van der Waals surface area contributed by atoms with E-state index >= 15 is 0 Å². The fourth-order valence-corrected chi connectivity index (χ4v) is 3.66. The molecule has 1 aliphatic heterocycles. The van der Waals surface area contributed by atoms with Crippen molar-refractivity contribution in [1.82, 2.24) is 25.9 Å². The average molecular weight is 383 g/mol. The Bertz CT molecular complexity index is 928. The SMILES string of the molecule is Cc1noc(-c2ccc(C(=O)NN3C(=O)NC4(CCC(C)CC4)C3=O)cc2)n1. The number of carbonyl (C=O) groups is 3. The van der Waals surface area contributed by atoms with E-state index in [4.69, 9.17) is 4.52 Å². The van der Waals surface area contributed by atoms with Crippen molar-refractivity contribution in [3.63, 3.8) is 0 Å². The zero-order chi connectivity index (χ0) is 19.9. The van der Waals surface area contributed by atoms with Crippen molar-refractivity contribution in [2.24, 2.45) is 5.92 Å². The van der Waals surface area contributed by atoms with Gasteiger partial charge in [0.2, 0.25) is 0 Å². The minimum Gasteiger partial charge on any atom is -0.334 e. The van der Waals surface area contributed by atoms with Crippen LogP contribution < -0.4 is 10.7 Å². The minimum absolute atomic E-state index is 0.304. The second kappa shape index (κ2) is 6.74. The first kappa shape index (κ1) is 18.1. The van der Waals surface area contributed by atoms with Gasteiger partial charge in [-0.25, -0.2) is 4.79 Å². The molecule has 2 heterocycles. The predicted molar refractivity (Wildman–Crippen MR) is 97.7 cm³/mol. The number of imide groups is 1. The Balaban J connectivity index is 1.46. The molecule has 1 aliphatic carbocycles. The Hall–Kier alpha value is -3.23. The Morgan fingerprint density at radius 2 is 1.93 bits per heavy atom. The molecule has 4 rings (SSSR count). The molecule has 9 heteroatoms. The highest BCUT2D eigenvalue weighted by atomic mass is 16.5. The molecule has 9 nitrogen and oxygen atoms in total. The molecular weight excluding hydrogens is 362 g/mol. The molecule has 0 atom stereocenters. The summed E-state index contributed by atoms with van der Waals surface area (Å²) in [7, 11) is 0. The van der Waals surface area contributed by atoms with Crippen molar-refractivity contribution in [3.8, 4) is 11.5 Å². The van der Waals surface area contributed by atoms with Crippen LogP contribution in [0.5, 0.6) is 0 Å². The Morgan fingerprint density at radius 1 is 1.25 bits per heavy atom. The lowest BCUT2D eigenvalue weighted by Gasteiger charge is -2.33. The van der Waals surface area contributed by atoms with Crippen LogP contribution in [0.15, 0.2) is 28.8 Å². The van der Waals surface area contributed by atoms with Crippen LogP contribution in [0.25, 0.3) is 11.5 Å². The van der Waals surface area contributed by atoms with Crippen LogP contribution in [0.3, 0.4) is 0 Å². The third-order valence-electron chi connectivity index (χ3n) is 5.42. The smallest absolute Gasteiger partial charge is 0.334 e. The first-order valence-corrected chi connectivity index (χ1v) is 9.26. The van der Waals surface area contributed by atoms with Gasteiger partial charge >= 0.3 is 6.03 Å². The number of urea groups is 1. The van der Waals surface area contributed by atoms with Crippen molar-refractivity contribution in [1.29, 1.82) is 0 Å². The Kier molecular flexibility index (Phi) is 4.37. The zero-order valence-electron chi connectivity index (χ0n) is 15.7. The number of aryl methyl sites for hydroxylation is 1. The maximum atomic E-state index is 12.8. The van der Waals surface area contributed by atoms with E-state index < -0.39 is 23.4 Å². The first-order chi connectivity index (χ1) is 13.4. The molecule has 0 unspecified atom stereocenters. The molecule has 1 spiro atoms. The molecule has 2 fully saturated rings. The molecule has 2 N–H and O–H groups in total. The number of hydrazine groups is 1. The van der Waals surface area contributed by atoms with Crippen LogP contribution in [0.1, 0.15) is 48.8 Å². The molecule has 0 radical (unpaired) electrons. The van der Waals surface area contributed by atoms with Crippen molar-refractivity contribution in [3.05, 3.63) is 35.7 Å². The van der Waals surface area contributed by atoms with Gasteiger partial charge in [0.05, 0.1) is 0 Å². The average Bonchev–Trinajstić information content (AvgIpc) is 3.22. The van der Waals surface area contributed by atoms with Gasteiger partial charge in [-0.15, -0.1) is 0 Å². The van der Waals surface area contributed by atoms with E-state index in [9.17, 15) is 14.4 Å². The summed E-state index contributed by atoms with van der Waals surface area (Å²) >= 11 is 0. The van der Waals surface area contributed by atoms with Crippen molar-refractivity contribution < 1.29 is 18.9 Å². The van der Waals surface area contributed by atoms with Gasteiger partial charge in [-0.1, -0.05) is 12.1 Å². The fourth-order valence-electron chi connectivity index (χ4n) is 3.66. The molecule has 1 saturated heterocycles. The Labute approximate surface area is 161 Å². The van der Waals surface area contributed by atoms with Crippen LogP contribution in [0, 0.1) is 12.8 Å². The number of nitrogens with zero attached hydrogens (tertiary/aromatic N) is 3. The quantitative estimate of drug-likeness (QED) is 0.785. The summed E-state index contributed by atoms with van der Waals surface area (Å²) in [5, 5.41) is 7.30. The third-order valence-corrected chi connectivity index (χ3v) is 5.42. The van der Waals surface area contributed by atoms with Crippen LogP contribution in [0.2, 0.25) is 0 Å². The maximum Gasteiger partial charge on any atom is 0.344 e. The highest BCUT2D eigenvalue weighted by Gasteiger charge is 2.52.